The van der Waals surface area contributed by atoms with E-state index in [0.29, 0.717) is 23.9 Å². The van der Waals surface area contributed by atoms with E-state index in [1.807, 2.05) is 21.1 Å². The summed E-state index contributed by atoms with van der Waals surface area (Å²) in [6.45, 7) is 0.384. The normalized spacial score (nSPS) is 13.3. The van der Waals surface area contributed by atoms with Crippen LogP contribution in [-0.2, 0) is 19.1 Å². The van der Waals surface area contributed by atoms with E-state index in [0.717, 1.165) is 6.08 Å². The van der Waals surface area contributed by atoms with Crippen molar-refractivity contribution in [2.24, 2.45) is 0 Å². The smallest absolute Gasteiger partial charge is 0.327 e. The molecule has 23 heavy (non-hydrogen) atoms. The summed E-state index contributed by atoms with van der Waals surface area (Å²) in [4.78, 5) is 32.7. The van der Waals surface area contributed by atoms with Crippen molar-refractivity contribution in [1.29, 1.82) is 0 Å². The number of hydrogen-bond donors (Lipinski definition) is 1. The predicted octanol–water partition coefficient (Wildman–Crippen LogP) is 0.112. The van der Waals surface area contributed by atoms with Crippen LogP contribution in [0.4, 0.5) is 0 Å². The van der Waals surface area contributed by atoms with Gasteiger partial charge < -0.3 is 24.2 Å². The quantitative estimate of drug-likeness (QED) is 0.250. The van der Waals surface area contributed by atoms with Gasteiger partial charge in [-0.2, -0.15) is 0 Å². The highest BCUT2D eigenvalue weighted by Crippen LogP contribution is 2.07. The van der Waals surface area contributed by atoms with E-state index in [9.17, 15) is 19.5 Å². The van der Waals surface area contributed by atoms with Crippen LogP contribution in [0, 0.1) is 0 Å². The van der Waals surface area contributed by atoms with Crippen molar-refractivity contribution in [3.05, 3.63) is 24.3 Å². The molecule has 0 rings (SSSR count). The zero-order chi connectivity index (χ0) is 17.9. The van der Waals surface area contributed by atoms with Gasteiger partial charge in [-0.3, -0.25) is 4.79 Å². The molecule has 7 nitrogen and oxygen atoms in total. The van der Waals surface area contributed by atoms with E-state index in [-0.39, 0.29) is 12.8 Å². The minimum atomic E-state index is -1.25. The molecule has 0 bridgehead atoms. The molecule has 1 N–H and O–H groups in total. The minimum Gasteiger partial charge on any atom is -0.550 e. The summed E-state index contributed by atoms with van der Waals surface area (Å²) in [5.74, 6) is -2.71. The fraction of sp³-hybridized carbons (Fsp3) is 0.562. The molecule has 0 fully saturated rings. The number of allylic oxidation sites excluding steroid dienone is 3. The third-order valence-corrected chi connectivity index (χ3v) is 2.66. The first-order chi connectivity index (χ1) is 10.6. The highest BCUT2D eigenvalue weighted by Gasteiger charge is 2.22. The Balaban J connectivity index is 4.19. The van der Waals surface area contributed by atoms with Crippen molar-refractivity contribution < 1.29 is 33.8 Å². The van der Waals surface area contributed by atoms with Crippen molar-refractivity contribution in [1.82, 2.24) is 0 Å². The number of carboxylic acid groups (broad SMARTS) is 2. The van der Waals surface area contributed by atoms with Gasteiger partial charge in [0.05, 0.1) is 21.1 Å². The number of nitrogens with zero attached hydrogens (tertiary/aromatic N) is 1. The van der Waals surface area contributed by atoms with E-state index in [4.69, 9.17) is 9.84 Å². The van der Waals surface area contributed by atoms with Gasteiger partial charge in [-0.1, -0.05) is 18.2 Å². The Labute approximate surface area is 136 Å². The van der Waals surface area contributed by atoms with E-state index >= 15 is 0 Å². The van der Waals surface area contributed by atoms with Crippen molar-refractivity contribution in [3.63, 3.8) is 0 Å². The Morgan fingerprint density at radius 1 is 1.17 bits per heavy atom. The van der Waals surface area contributed by atoms with Crippen molar-refractivity contribution in [2.75, 3.05) is 27.7 Å². The van der Waals surface area contributed by atoms with E-state index in [2.05, 4.69) is 0 Å². The molecule has 1 atom stereocenters. The van der Waals surface area contributed by atoms with Crippen LogP contribution >= 0.6 is 0 Å². The zero-order valence-corrected chi connectivity index (χ0v) is 13.9. The zero-order valence-electron chi connectivity index (χ0n) is 13.9. The highest BCUT2D eigenvalue weighted by atomic mass is 16.5. The molecule has 130 valence electrons. The lowest BCUT2D eigenvalue weighted by Gasteiger charge is -2.29. The molecule has 0 saturated heterocycles. The number of esters is 1. The largest absolute Gasteiger partial charge is 0.550 e. The Kier molecular flexibility index (Phi) is 9.57. The maximum atomic E-state index is 11.7. The lowest BCUT2D eigenvalue weighted by atomic mass is 10.2. The van der Waals surface area contributed by atoms with Crippen LogP contribution in [-0.4, -0.2) is 61.3 Å². The maximum Gasteiger partial charge on any atom is 0.327 e. The monoisotopic (exact) mass is 327 g/mol. The van der Waals surface area contributed by atoms with Gasteiger partial charge >= 0.3 is 11.9 Å². The minimum absolute atomic E-state index is 0.139. The summed E-state index contributed by atoms with van der Waals surface area (Å²) in [6.07, 6.45) is 6.06. The van der Waals surface area contributed by atoms with Gasteiger partial charge in [-0.25, -0.2) is 4.79 Å². The fourth-order valence-corrected chi connectivity index (χ4v) is 1.85. The Bertz CT molecular complexity index is 462. The number of carbonyl (C=O) groups is 3. The van der Waals surface area contributed by atoms with Gasteiger partial charge in [-0.15, -0.1) is 0 Å². The molecule has 0 aromatic carbocycles. The van der Waals surface area contributed by atoms with E-state index < -0.39 is 24.0 Å². The lowest BCUT2D eigenvalue weighted by Crippen LogP contribution is -2.45. The average Bonchev–Trinajstić information content (AvgIpc) is 2.34. The summed E-state index contributed by atoms with van der Waals surface area (Å²) in [6, 6.07) is 0. The van der Waals surface area contributed by atoms with Crippen LogP contribution in [0.3, 0.4) is 0 Å². The first kappa shape index (κ1) is 20.9. The van der Waals surface area contributed by atoms with Crippen LogP contribution in [0.1, 0.15) is 25.7 Å². The average molecular weight is 327 g/mol. The second-order valence-electron chi connectivity index (χ2n) is 6.15. The molecule has 0 aromatic heterocycles. The molecule has 0 saturated carbocycles. The summed E-state index contributed by atoms with van der Waals surface area (Å²) in [7, 11) is 5.64. The molecule has 0 amide bonds. The third kappa shape index (κ3) is 14.5. The Morgan fingerprint density at radius 3 is 2.35 bits per heavy atom. The molecule has 0 spiro atoms. The highest BCUT2D eigenvalue weighted by molar-refractivity contribution is 5.79. The molecule has 0 radical (unpaired) electrons. The topological polar surface area (TPSA) is 104 Å². The first-order valence-corrected chi connectivity index (χ1v) is 7.34. The number of rotatable bonds is 11. The number of likely N-dealkylation sites (N-methyl/N-ethyl adjacent to an activating group) is 1. The summed E-state index contributed by atoms with van der Waals surface area (Å²) in [5.41, 5.74) is 0. The first-order valence-electron chi connectivity index (χ1n) is 7.34. The predicted molar refractivity (Wildman–Crippen MR) is 82.2 cm³/mol. The standard InChI is InChI=1S/C16H25NO6/c1-17(2,3)12-13(11-15(20)21)23-16(22)10-8-6-4-5-7-9-14(18)19/h4,6-7,9,13H,5,8,10-12H2,1-3H3,(H-,18,19,20,21)/b6-4+,9-7+. The molecular formula is C16H25NO6. The summed E-state index contributed by atoms with van der Waals surface area (Å²) < 4.78 is 5.67. The van der Waals surface area contributed by atoms with Crippen LogP contribution < -0.4 is 5.11 Å². The van der Waals surface area contributed by atoms with Crippen LogP contribution in [0.2, 0.25) is 0 Å². The Morgan fingerprint density at radius 2 is 1.83 bits per heavy atom. The number of aliphatic carboxylic acids is 2. The maximum absolute atomic E-state index is 11.7. The van der Waals surface area contributed by atoms with Crippen molar-refractivity contribution in [2.45, 2.75) is 31.8 Å². The number of carbonyl (C=O) groups excluding carboxylic acids is 2. The van der Waals surface area contributed by atoms with E-state index in [1.165, 1.54) is 6.08 Å². The number of quaternary nitrogens is 1. The summed E-state index contributed by atoms with van der Waals surface area (Å²) >= 11 is 0. The number of ether oxygens (including phenoxy) is 1. The van der Waals surface area contributed by atoms with Gasteiger partial charge in [0.25, 0.3) is 0 Å². The van der Waals surface area contributed by atoms with Gasteiger partial charge in [0.2, 0.25) is 0 Å². The van der Waals surface area contributed by atoms with Gasteiger partial charge in [0, 0.05) is 24.9 Å². The second-order valence-corrected chi connectivity index (χ2v) is 6.15. The molecule has 0 aliphatic carbocycles. The molecule has 0 aliphatic heterocycles. The molecule has 0 heterocycles. The molecule has 0 aliphatic rings. The van der Waals surface area contributed by atoms with Crippen molar-refractivity contribution >= 4 is 17.9 Å². The SMILES string of the molecule is C[N+](C)(C)CC(CC(=O)[O-])OC(=O)CC/C=C/C/C=C/C(=O)O. The molecule has 7 heteroatoms. The van der Waals surface area contributed by atoms with Gasteiger partial charge in [-0.05, 0) is 12.8 Å². The number of hydrogen-bond acceptors (Lipinski definition) is 5. The Hall–Kier alpha value is -2.15. The van der Waals surface area contributed by atoms with Gasteiger partial charge in [0.1, 0.15) is 6.54 Å². The second kappa shape index (κ2) is 10.6. The third-order valence-electron chi connectivity index (χ3n) is 2.66. The van der Waals surface area contributed by atoms with Crippen LogP contribution in [0.25, 0.3) is 0 Å². The molecule has 0 aromatic rings. The van der Waals surface area contributed by atoms with Crippen LogP contribution in [0.5, 0.6) is 0 Å². The summed E-state index contributed by atoms with van der Waals surface area (Å²) in [5, 5.41) is 19.1. The van der Waals surface area contributed by atoms with Gasteiger partial charge in [0.15, 0.2) is 6.10 Å². The molecule has 1 unspecified atom stereocenters. The lowest BCUT2D eigenvalue weighted by molar-refractivity contribution is -0.873. The number of carboxylic acids is 2. The van der Waals surface area contributed by atoms with Crippen molar-refractivity contribution in [3.8, 4) is 0 Å². The van der Waals surface area contributed by atoms with Crippen LogP contribution in [0.15, 0.2) is 24.3 Å². The fourth-order valence-electron chi connectivity index (χ4n) is 1.85. The molecular weight excluding hydrogens is 302 g/mol. The van der Waals surface area contributed by atoms with E-state index in [1.54, 1.807) is 12.2 Å².